The highest BCUT2D eigenvalue weighted by atomic mass is 79.9. The van der Waals surface area contributed by atoms with Gasteiger partial charge < -0.3 is 59.0 Å². The van der Waals surface area contributed by atoms with E-state index in [1.807, 2.05) is 212 Å². The van der Waals surface area contributed by atoms with Crippen molar-refractivity contribution >= 4 is 96.7 Å². The van der Waals surface area contributed by atoms with E-state index in [0.717, 1.165) is 117 Å². The Labute approximate surface area is 759 Å². The molecule has 0 saturated carbocycles. The Balaban J connectivity index is 0.000000241. The van der Waals surface area contributed by atoms with Crippen molar-refractivity contribution in [3.05, 3.63) is 399 Å². The van der Waals surface area contributed by atoms with Crippen LogP contribution in [0.5, 0.6) is 23.0 Å². The fourth-order valence-corrected chi connectivity index (χ4v) is 12.2. The minimum absolute atomic E-state index is 0.126. The van der Waals surface area contributed by atoms with Gasteiger partial charge in [0.05, 0.1) is 25.3 Å². The number of esters is 2. The van der Waals surface area contributed by atoms with Gasteiger partial charge in [-0.05, 0) is 169 Å². The van der Waals surface area contributed by atoms with E-state index in [9.17, 15) is 28.8 Å². The normalized spacial score (nSPS) is 10.7. The second-order valence-electron chi connectivity index (χ2n) is 27.4. The zero-order valence-electron chi connectivity index (χ0n) is 72.0. The summed E-state index contributed by atoms with van der Waals surface area (Å²) in [5.74, 6) is 1.44. The molecule has 24 heteroatoms. The van der Waals surface area contributed by atoms with E-state index in [0.29, 0.717) is 78.6 Å². The molecule has 0 heterocycles. The monoisotopic (exact) mass is 1840 g/mol. The molecule has 660 valence electrons. The SMILES string of the molecule is CO/N=C(\CBr)c1ccccc1.CO/N=C(\COc1ccc(C=O)cc1)c1ccccc1.CO/N=C(\COc1ccc(CCc2ccc(CCC(=O)O)cc2)cc1)c1ccccc1.CO/N=C(\COc1ccc(CCc2ccc(CCC(=O)OC)cc2)cc1)c1ccccc1.COC(=O)CCc1ccc(N)cc1.O=C(CBr)c1ccccc1.O=Cc1ccc(O)cc1. The summed E-state index contributed by atoms with van der Waals surface area (Å²) in [5, 5.41) is 34.6. The number of ketones is 1. The highest BCUT2D eigenvalue weighted by Crippen LogP contribution is 2.21. The number of halogens is 2. The number of hydrogen-bond donors (Lipinski definition) is 3. The number of rotatable bonds is 37. The summed E-state index contributed by atoms with van der Waals surface area (Å²) in [6, 6.07) is 102. The highest BCUT2D eigenvalue weighted by molar-refractivity contribution is 9.09. The van der Waals surface area contributed by atoms with Gasteiger partial charge in [-0.3, -0.25) is 28.8 Å². The summed E-state index contributed by atoms with van der Waals surface area (Å²) in [6.07, 6.45) is 8.25. The molecule has 0 aromatic heterocycles. The Morgan fingerprint density at radius 1 is 0.315 bits per heavy atom. The van der Waals surface area contributed by atoms with E-state index in [2.05, 4.69) is 118 Å². The minimum Gasteiger partial charge on any atom is -0.508 e. The largest absolute Gasteiger partial charge is 0.508 e. The second kappa shape index (κ2) is 61.2. The third-order valence-electron chi connectivity index (χ3n) is 18.3. The van der Waals surface area contributed by atoms with Crippen molar-refractivity contribution in [3.8, 4) is 23.0 Å². The predicted octanol–water partition coefficient (Wildman–Crippen LogP) is 20.1. The van der Waals surface area contributed by atoms with Crippen molar-refractivity contribution in [3.63, 3.8) is 0 Å². The molecular weight excluding hydrogens is 1740 g/mol. The van der Waals surface area contributed by atoms with Gasteiger partial charge in [-0.15, -0.1) is 0 Å². The molecule has 0 amide bonds. The summed E-state index contributed by atoms with van der Waals surface area (Å²) in [6.45, 7) is 0.948. The molecule has 12 rings (SSSR count). The van der Waals surface area contributed by atoms with Gasteiger partial charge in [0, 0.05) is 69.2 Å². The fourth-order valence-electron chi connectivity index (χ4n) is 11.4. The van der Waals surface area contributed by atoms with Gasteiger partial charge in [0.1, 0.15) is 101 Å². The maximum Gasteiger partial charge on any atom is 0.305 e. The van der Waals surface area contributed by atoms with Crippen LogP contribution in [0.4, 0.5) is 5.69 Å². The number of ether oxygens (including phenoxy) is 5. The number of carboxylic acids is 1. The number of nitrogens with zero attached hydrogens (tertiary/aromatic N) is 4. The molecule has 0 saturated heterocycles. The lowest BCUT2D eigenvalue weighted by atomic mass is 10.0. The number of phenols is 1. The Morgan fingerprint density at radius 3 is 0.843 bits per heavy atom. The van der Waals surface area contributed by atoms with Crippen molar-refractivity contribution in [2.45, 2.75) is 64.2 Å². The molecule has 0 spiro atoms. The number of aromatic hydroxyl groups is 1. The van der Waals surface area contributed by atoms with Crippen molar-refractivity contribution in [1.29, 1.82) is 0 Å². The first kappa shape index (κ1) is 102. The number of aliphatic carboxylic acids is 1. The third kappa shape index (κ3) is 41.8. The summed E-state index contributed by atoms with van der Waals surface area (Å²) >= 11 is 6.44. The molecule has 12 aromatic rings. The van der Waals surface area contributed by atoms with Crippen molar-refractivity contribution in [2.24, 2.45) is 20.6 Å². The van der Waals surface area contributed by atoms with Gasteiger partial charge in [-0.2, -0.15) is 0 Å². The van der Waals surface area contributed by atoms with E-state index in [1.165, 1.54) is 69.9 Å². The van der Waals surface area contributed by atoms with Crippen LogP contribution in [0.2, 0.25) is 0 Å². The quantitative estimate of drug-likeness (QED) is 0.00620. The number of nitrogens with two attached hydrogens (primary N) is 1. The number of aryl methyl sites for hydroxylation is 7. The molecule has 22 nitrogen and oxygen atoms in total. The highest BCUT2D eigenvalue weighted by Gasteiger charge is 2.12. The van der Waals surface area contributed by atoms with E-state index in [4.69, 9.17) is 54.2 Å². The number of hydrogen-bond acceptors (Lipinski definition) is 21. The van der Waals surface area contributed by atoms with E-state index in [-0.39, 0.29) is 36.5 Å². The number of phenolic OH excluding ortho intramolecular Hbond substituents is 1. The number of alkyl halides is 2. The van der Waals surface area contributed by atoms with Crippen LogP contribution in [-0.4, -0.2) is 142 Å². The smallest absolute Gasteiger partial charge is 0.305 e. The summed E-state index contributed by atoms with van der Waals surface area (Å²) in [7, 11) is 8.93. The van der Waals surface area contributed by atoms with Crippen LogP contribution in [0.15, 0.2) is 342 Å². The van der Waals surface area contributed by atoms with Gasteiger partial charge in [0.2, 0.25) is 0 Å². The van der Waals surface area contributed by atoms with Crippen molar-refractivity contribution < 1.29 is 82.0 Å². The first-order chi connectivity index (χ1) is 61.9. The van der Waals surface area contributed by atoms with Crippen LogP contribution in [0.3, 0.4) is 0 Å². The predicted molar refractivity (Wildman–Crippen MR) is 508 cm³/mol. The molecule has 0 bridgehead atoms. The standard InChI is InChI=1S/C27H29NO4.C26H27NO4.C16H15NO3.C10H13NO2.C9H10BrNO.C8H7BrO.C7H6O2/c1-30-27(29)19-16-22-11-8-21(9-12-22)10-13-23-14-17-25(18-15-23)32-20-26(28-31-2)24-6-4-3-5-7-24;1-30-27-25(23-5-3-2-4-6-23)19-31-24-16-13-22(14-17-24)12-9-20-7-10-21(11-8-20)15-18-26(28)29;1-19-17-16(14-5-3-2-4-6-14)12-20-15-9-7-13(11-18)8-10-15;1-13-10(12)7-4-8-2-5-9(11)6-3-8;1-12-11-9(7-10)8-5-3-2-4-6-8;9-6-8(10)7-4-2-1-3-5-7;8-5-6-1-3-7(9)4-2-6/h3-9,11-12,14-15,17-18H,10,13,16,19-20H2,1-2H3;2-8,10-11,13-14,16-17H,9,12,15,18-19H2,1H3,(H,28,29);2-11H,12H2,1H3;2-3,5-6H,4,7,11H2,1H3;2-6H,7H2,1H3;1-5H,6H2;1-5,9H/b28-26+;27-25+;17-16+;;11-9+;;. The van der Waals surface area contributed by atoms with Gasteiger partial charge >= 0.3 is 17.9 Å². The van der Waals surface area contributed by atoms with E-state index in [1.54, 1.807) is 43.5 Å². The van der Waals surface area contributed by atoms with Crippen LogP contribution in [0.1, 0.15) is 112 Å². The Kier molecular flexibility index (Phi) is 49.0. The zero-order valence-corrected chi connectivity index (χ0v) is 75.2. The zero-order chi connectivity index (χ0) is 91.3. The van der Waals surface area contributed by atoms with Crippen LogP contribution >= 0.6 is 31.9 Å². The van der Waals surface area contributed by atoms with E-state index < -0.39 is 5.97 Å². The summed E-state index contributed by atoms with van der Waals surface area (Å²) < 4.78 is 26.7. The van der Waals surface area contributed by atoms with Crippen LogP contribution < -0.4 is 19.9 Å². The number of Topliss-reactive ketones (excluding diaryl/α,β-unsaturated/α-hetero) is 1. The molecule has 0 aliphatic heterocycles. The average Bonchev–Trinajstić information content (AvgIpc) is 0.879. The molecule has 4 N–H and O–H groups in total. The minimum atomic E-state index is -0.765. The molecular formula is C103H107Br2N5O17. The number of carbonyl (C=O) groups excluding carboxylic acids is 5. The average molecular weight is 1850 g/mol. The van der Waals surface area contributed by atoms with Gasteiger partial charge in [-0.1, -0.05) is 289 Å². The number of aldehydes is 2. The van der Waals surface area contributed by atoms with Crippen molar-refractivity contribution in [1.82, 2.24) is 0 Å². The number of carboxylic acid groups (broad SMARTS) is 1. The fraction of sp³-hybridized carbons (Fsp3) is 0.204. The first-order valence-electron chi connectivity index (χ1n) is 40.5. The van der Waals surface area contributed by atoms with Gasteiger partial charge in [0.15, 0.2) is 5.78 Å². The lowest BCUT2D eigenvalue weighted by Crippen LogP contribution is -2.13. The van der Waals surface area contributed by atoms with Gasteiger partial charge in [-0.25, -0.2) is 0 Å². The van der Waals surface area contributed by atoms with Crippen LogP contribution in [0, 0.1) is 0 Å². The molecule has 0 aliphatic carbocycles. The molecule has 12 aromatic carbocycles. The molecule has 0 unspecified atom stereocenters. The molecule has 127 heavy (non-hydrogen) atoms. The van der Waals surface area contributed by atoms with Gasteiger partial charge in [0.25, 0.3) is 0 Å². The molecule has 0 atom stereocenters. The number of oxime groups is 4. The Morgan fingerprint density at radius 2 is 0.567 bits per heavy atom. The van der Waals surface area contributed by atoms with Crippen LogP contribution in [-0.2, 0) is 88.2 Å². The molecule has 0 radical (unpaired) electrons. The first-order valence-corrected chi connectivity index (χ1v) is 42.7. The Bertz CT molecular complexity index is 5260. The molecule has 0 aliphatic rings. The number of benzene rings is 12. The van der Waals surface area contributed by atoms with Crippen LogP contribution in [0.25, 0.3) is 0 Å². The topological polar surface area (TPSA) is 301 Å². The number of anilines is 1. The lowest BCUT2D eigenvalue weighted by molar-refractivity contribution is -0.141. The van der Waals surface area contributed by atoms with E-state index >= 15 is 0 Å². The molecule has 0 fully saturated rings. The number of methoxy groups -OCH3 is 2. The maximum atomic E-state index is 11.3. The Hall–Kier alpha value is -14.1. The second-order valence-corrected chi connectivity index (χ2v) is 28.5. The third-order valence-corrected chi connectivity index (χ3v) is 19.4. The number of nitrogen functional groups attached to an aromatic ring is 1. The lowest BCUT2D eigenvalue weighted by Gasteiger charge is -2.10. The number of carbonyl (C=O) groups is 6. The van der Waals surface area contributed by atoms with Crippen molar-refractivity contribution in [2.75, 3.05) is 78.9 Å². The maximum absolute atomic E-state index is 11.3. The summed E-state index contributed by atoms with van der Waals surface area (Å²) in [4.78, 5) is 83.8. The summed E-state index contributed by atoms with van der Waals surface area (Å²) in [5.41, 5.74) is 23.6.